The van der Waals surface area contributed by atoms with Crippen molar-refractivity contribution in [2.75, 3.05) is 19.8 Å². The maximum atomic E-state index is 13.1. The zero-order valence-corrected chi connectivity index (χ0v) is 12.4. The van der Waals surface area contributed by atoms with E-state index in [1.54, 1.807) is 12.1 Å². The van der Waals surface area contributed by atoms with Gasteiger partial charge in [-0.15, -0.1) is 0 Å². The summed E-state index contributed by atoms with van der Waals surface area (Å²) in [5.41, 5.74) is 5.94. The minimum atomic E-state index is -0.621. The number of halogens is 1. The monoisotopic (exact) mass is 294 g/mol. The highest BCUT2D eigenvalue weighted by Gasteiger charge is 2.41. The summed E-state index contributed by atoms with van der Waals surface area (Å²) in [6, 6.07) is 6.27. The summed E-state index contributed by atoms with van der Waals surface area (Å²) in [6.45, 7) is 3.55. The third-order valence-electron chi connectivity index (χ3n) is 4.06. The van der Waals surface area contributed by atoms with Crippen molar-refractivity contribution >= 4 is 5.91 Å². The average molecular weight is 294 g/mol. The van der Waals surface area contributed by atoms with Crippen LogP contribution < -0.4 is 11.1 Å². The lowest BCUT2D eigenvalue weighted by Crippen LogP contribution is -2.48. The SMILES string of the molecule is CC(N)CCNC(=O)C1(c2ccc(F)cc2)CCOCC1. The van der Waals surface area contributed by atoms with Crippen LogP contribution in [-0.2, 0) is 14.9 Å². The predicted octanol–water partition coefficient (Wildman–Crippen LogP) is 1.73. The van der Waals surface area contributed by atoms with Crippen molar-refractivity contribution in [2.45, 2.75) is 37.6 Å². The molecule has 2 rings (SSSR count). The second-order valence-electron chi connectivity index (χ2n) is 5.72. The zero-order chi connectivity index (χ0) is 15.3. The molecule has 1 heterocycles. The fourth-order valence-corrected chi connectivity index (χ4v) is 2.72. The van der Waals surface area contributed by atoms with Crippen LogP contribution in [0.1, 0.15) is 31.7 Å². The van der Waals surface area contributed by atoms with Gasteiger partial charge in [-0.25, -0.2) is 4.39 Å². The van der Waals surface area contributed by atoms with Crippen LogP contribution in [0.15, 0.2) is 24.3 Å². The topological polar surface area (TPSA) is 64.3 Å². The molecule has 0 aromatic heterocycles. The van der Waals surface area contributed by atoms with Gasteiger partial charge in [0.25, 0.3) is 0 Å². The van der Waals surface area contributed by atoms with E-state index in [9.17, 15) is 9.18 Å². The Kier molecular flexibility index (Phi) is 5.31. The molecule has 1 atom stereocenters. The van der Waals surface area contributed by atoms with Gasteiger partial charge in [-0.3, -0.25) is 4.79 Å². The quantitative estimate of drug-likeness (QED) is 0.869. The highest BCUT2D eigenvalue weighted by Crippen LogP contribution is 2.35. The molecule has 1 amide bonds. The molecule has 0 spiro atoms. The van der Waals surface area contributed by atoms with Crippen LogP contribution in [0.4, 0.5) is 4.39 Å². The van der Waals surface area contributed by atoms with Crippen molar-refractivity contribution in [1.29, 1.82) is 0 Å². The molecule has 5 heteroatoms. The Morgan fingerprint density at radius 1 is 1.38 bits per heavy atom. The van der Waals surface area contributed by atoms with Gasteiger partial charge in [-0.2, -0.15) is 0 Å². The largest absolute Gasteiger partial charge is 0.381 e. The zero-order valence-electron chi connectivity index (χ0n) is 12.4. The van der Waals surface area contributed by atoms with Gasteiger partial charge < -0.3 is 15.8 Å². The Morgan fingerprint density at radius 2 is 2.00 bits per heavy atom. The Morgan fingerprint density at radius 3 is 2.57 bits per heavy atom. The predicted molar refractivity (Wildman–Crippen MR) is 79.4 cm³/mol. The normalized spacial score (nSPS) is 19.0. The molecule has 4 nitrogen and oxygen atoms in total. The number of amides is 1. The number of carbonyl (C=O) groups excluding carboxylic acids is 1. The summed E-state index contributed by atoms with van der Waals surface area (Å²) in [7, 11) is 0. The lowest BCUT2D eigenvalue weighted by Gasteiger charge is -2.36. The van der Waals surface area contributed by atoms with E-state index in [2.05, 4.69) is 5.32 Å². The molecular formula is C16H23FN2O2. The Bertz CT molecular complexity index is 468. The second kappa shape index (κ2) is 7.00. The van der Waals surface area contributed by atoms with Gasteiger partial charge >= 0.3 is 0 Å². The maximum absolute atomic E-state index is 13.1. The molecule has 0 bridgehead atoms. The minimum absolute atomic E-state index is 0.0157. The van der Waals surface area contributed by atoms with Crippen molar-refractivity contribution in [1.82, 2.24) is 5.32 Å². The summed E-state index contributed by atoms with van der Waals surface area (Å²) < 4.78 is 18.5. The van der Waals surface area contributed by atoms with Gasteiger partial charge in [0.1, 0.15) is 5.82 Å². The highest BCUT2D eigenvalue weighted by molar-refractivity contribution is 5.88. The molecular weight excluding hydrogens is 271 g/mol. The smallest absolute Gasteiger partial charge is 0.230 e. The van der Waals surface area contributed by atoms with Crippen molar-refractivity contribution in [3.05, 3.63) is 35.6 Å². The van der Waals surface area contributed by atoms with Crippen molar-refractivity contribution in [3.63, 3.8) is 0 Å². The van der Waals surface area contributed by atoms with E-state index in [0.29, 0.717) is 32.6 Å². The number of carbonyl (C=O) groups is 1. The molecule has 1 aliphatic heterocycles. The molecule has 1 unspecified atom stereocenters. The van der Waals surface area contributed by atoms with Crippen LogP contribution in [0.3, 0.4) is 0 Å². The third kappa shape index (κ3) is 3.80. The number of ether oxygens (including phenoxy) is 1. The summed E-state index contributed by atoms with van der Waals surface area (Å²) in [6.07, 6.45) is 1.97. The number of nitrogens with one attached hydrogen (secondary N) is 1. The van der Waals surface area contributed by atoms with Gasteiger partial charge in [-0.1, -0.05) is 12.1 Å². The van der Waals surface area contributed by atoms with Crippen LogP contribution in [0.2, 0.25) is 0 Å². The van der Waals surface area contributed by atoms with Gasteiger partial charge in [-0.05, 0) is 43.9 Å². The van der Waals surface area contributed by atoms with Crippen LogP contribution in [0, 0.1) is 5.82 Å². The first kappa shape index (κ1) is 15.9. The summed E-state index contributed by atoms with van der Waals surface area (Å²) in [5.74, 6) is -0.309. The number of hydrogen-bond donors (Lipinski definition) is 2. The lowest BCUT2D eigenvalue weighted by atomic mass is 9.73. The van der Waals surface area contributed by atoms with Gasteiger partial charge in [0.05, 0.1) is 5.41 Å². The van der Waals surface area contributed by atoms with E-state index in [4.69, 9.17) is 10.5 Å². The number of hydrogen-bond acceptors (Lipinski definition) is 3. The molecule has 1 saturated heterocycles. The van der Waals surface area contributed by atoms with Gasteiger partial charge in [0.15, 0.2) is 0 Å². The summed E-state index contributed by atoms with van der Waals surface area (Å²) in [4.78, 5) is 12.7. The first-order valence-corrected chi connectivity index (χ1v) is 7.42. The minimum Gasteiger partial charge on any atom is -0.381 e. The molecule has 1 fully saturated rings. The van der Waals surface area contributed by atoms with Gasteiger partial charge in [0.2, 0.25) is 5.91 Å². The summed E-state index contributed by atoms with van der Waals surface area (Å²) >= 11 is 0. The molecule has 116 valence electrons. The number of rotatable bonds is 5. The molecule has 0 saturated carbocycles. The van der Waals surface area contributed by atoms with Crippen LogP contribution in [0.5, 0.6) is 0 Å². The molecule has 21 heavy (non-hydrogen) atoms. The van der Waals surface area contributed by atoms with Crippen molar-refractivity contribution in [3.8, 4) is 0 Å². The first-order valence-electron chi connectivity index (χ1n) is 7.42. The first-order chi connectivity index (χ1) is 10.0. The van der Waals surface area contributed by atoms with E-state index in [1.165, 1.54) is 12.1 Å². The Labute approximate surface area is 124 Å². The number of benzene rings is 1. The third-order valence-corrected chi connectivity index (χ3v) is 4.06. The fraction of sp³-hybridized carbons (Fsp3) is 0.562. The van der Waals surface area contributed by atoms with Crippen LogP contribution in [0.25, 0.3) is 0 Å². The van der Waals surface area contributed by atoms with E-state index in [-0.39, 0.29) is 17.8 Å². The Hall–Kier alpha value is -1.46. The fourth-order valence-electron chi connectivity index (χ4n) is 2.72. The highest BCUT2D eigenvalue weighted by atomic mass is 19.1. The Balaban J connectivity index is 2.16. The molecule has 1 aromatic carbocycles. The molecule has 3 N–H and O–H groups in total. The van der Waals surface area contributed by atoms with Crippen molar-refractivity contribution in [2.24, 2.45) is 5.73 Å². The molecule has 1 aromatic rings. The lowest BCUT2D eigenvalue weighted by molar-refractivity contribution is -0.130. The van der Waals surface area contributed by atoms with E-state index >= 15 is 0 Å². The van der Waals surface area contributed by atoms with Crippen molar-refractivity contribution < 1.29 is 13.9 Å². The van der Waals surface area contributed by atoms with E-state index < -0.39 is 5.41 Å². The van der Waals surface area contributed by atoms with Crippen LogP contribution >= 0.6 is 0 Å². The maximum Gasteiger partial charge on any atom is 0.230 e. The average Bonchev–Trinajstić information content (AvgIpc) is 2.48. The summed E-state index contributed by atoms with van der Waals surface area (Å²) in [5, 5.41) is 2.97. The standard InChI is InChI=1S/C16H23FN2O2/c1-12(18)6-9-19-15(20)16(7-10-21-11-8-16)13-2-4-14(17)5-3-13/h2-5,12H,6-11,18H2,1H3,(H,19,20). The van der Waals surface area contributed by atoms with Gasteiger partial charge in [0, 0.05) is 25.8 Å². The molecule has 0 radical (unpaired) electrons. The second-order valence-corrected chi connectivity index (χ2v) is 5.72. The van der Waals surface area contributed by atoms with Crippen LogP contribution in [-0.4, -0.2) is 31.7 Å². The van der Waals surface area contributed by atoms with E-state index in [0.717, 1.165) is 12.0 Å². The van der Waals surface area contributed by atoms with E-state index in [1.807, 2.05) is 6.92 Å². The number of nitrogens with two attached hydrogens (primary N) is 1. The molecule has 0 aliphatic carbocycles. The molecule has 1 aliphatic rings.